The predicted molar refractivity (Wildman–Crippen MR) is 89.6 cm³/mol. The number of amides is 1. The van der Waals surface area contributed by atoms with Crippen LogP contribution in [0.2, 0.25) is 0 Å². The summed E-state index contributed by atoms with van der Waals surface area (Å²) < 4.78 is 0. The Morgan fingerprint density at radius 1 is 1.30 bits per heavy atom. The van der Waals surface area contributed by atoms with Crippen LogP contribution in [-0.4, -0.2) is 17.1 Å². The van der Waals surface area contributed by atoms with E-state index < -0.39 is 0 Å². The highest BCUT2D eigenvalue weighted by molar-refractivity contribution is 5.91. The maximum atomic E-state index is 11.9. The Balaban J connectivity index is 1.88. The second kappa shape index (κ2) is 7.81. The van der Waals surface area contributed by atoms with E-state index in [-0.39, 0.29) is 17.7 Å². The fraction of sp³-hybridized carbons (Fsp3) is 0.158. The van der Waals surface area contributed by atoms with E-state index in [2.05, 4.69) is 11.4 Å². The average molecular weight is 306 g/mol. The molecule has 2 N–H and O–H groups in total. The van der Waals surface area contributed by atoms with Gasteiger partial charge in [0, 0.05) is 12.1 Å². The first-order valence-corrected chi connectivity index (χ1v) is 7.33. The Hall–Kier alpha value is -3.06. The summed E-state index contributed by atoms with van der Waals surface area (Å²) >= 11 is 0. The Morgan fingerprint density at radius 2 is 2.04 bits per heavy atom. The van der Waals surface area contributed by atoms with E-state index in [1.54, 1.807) is 48.5 Å². The molecule has 0 radical (unpaired) electrons. The van der Waals surface area contributed by atoms with Gasteiger partial charge in [0.2, 0.25) is 5.91 Å². The van der Waals surface area contributed by atoms with Crippen molar-refractivity contribution in [2.45, 2.75) is 19.4 Å². The summed E-state index contributed by atoms with van der Waals surface area (Å²) in [6.07, 6.45) is 3.82. The topological polar surface area (TPSA) is 73.1 Å². The van der Waals surface area contributed by atoms with Crippen LogP contribution >= 0.6 is 0 Å². The van der Waals surface area contributed by atoms with Crippen molar-refractivity contribution < 1.29 is 9.90 Å². The molecule has 0 aliphatic carbocycles. The minimum atomic E-state index is -0.179. The fourth-order valence-electron chi connectivity index (χ4n) is 2.22. The zero-order valence-corrected chi connectivity index (χ0v) is 12.9. The second-order valence-corrected chi connectivity index (χ2v) is 5.35. The molecule has 0 aliphatic rings. The lowest BCUT2D eigenvalue weighted by molar-refractivity contribution is -0.117. The van der Waals surface area contributed by atoms with E-state index in [0.717, 1.165) is 11.1 Å². The molecule has 1 unspecified atom stereocenters. The number of nitrogens with zero attached hydrogens (tertiary/aromatic N) is 1. The van der Waals surface area contributed by atoms with Crippen molar-refractivity contribution in [1.82, 2.24) is 5.32 Å². The lowest BCUT2D eigenvalue weighted by Crippen LogP contribution is -2.32. The molecule has 2 rings (SSSR count). The van der Waals surface area contributed by atoms with Gasteiger partial charge in [-0.3, -0.25) is 4.79 Å². The largest absolute Gasteiger partial charge is 0.508 e. The van der Waals surface area contributed by atoms with Gasteiger partial charge in [-0.2, -0.15) is 5.26 Å². The molecule has 0 heterocycles. The SMILES string of the molecule is CC(Cc1cccc(O)c1)NC(=O)C=Cc1ccc(C#N)cc1. The summed E-state index contributed by atoms with van der Waals surface area (Å²) in [7, 11) is 0. The molecule has 0 saturated heterocycles. The molecular formula is C19H18N2O2. The number of hydrogen-bond donors (Lipinski definition) is 2. The normalized spacial score (nSPS) is 11.8. The molecule has 4 nitrogen and oxygen atoms in total. The highest BCUT2D eigenvalue weighted by atomic mass is 16.3. The Labute approximate surface area is 135 Å². The van der Waals surface area contributed by atoms with Gasteiger partial charge < -0.3 is 10.4 Å². The maximum absolute atomic E-state index is 11.9. The van der Waals surface area contributed by atoms with Crippen molar-refractivity contribution in [3.8, 4) is 11.8 Å². The van der Waals surface area contributed by atoms with Crippen molar-refractivity contribution in [2.75, 3.05) is 0 Å². The monoisotopic (exact) mass is 306 g/mol. The van der Waals surface area contributed by atoms with Crippen LogP contribution in [0.5, 0.6) is 5.75 Å². The van der Waals surface area contributed by atoms with Crippen molar-refractivity contribution in [1.29, 1.82) is 5.26 Å². The van der Waals surface area contributed by atoms with Crippen molar-refractivity contribution in [2.24, 2.45) is 0 Å². The van der Waals surface area contributed by atoms with Crippen LogP contribution in [-0.2, 0) is 11.2 Å². The maximum Gasteiger partial charge on any atom is 0.244 e. The van der Waals surface area contributed by atoms with Crippen LogP contribution in [0.3, 0.4) is 0 Å². The molecule has 1 amide bonds. The molecule has 0 spiro atoms. The van der Waals surface area contributed by atoms with Gasteiger partial charge in [0.25, 0.3) is 0 Å². The average Bonchev–Trinajstić information content (AvgIpc) is 2.53. The Kier molecular flexibility index (Phi) is 5.54. The molecule has 0 bridgehead atoms. The number of hydrogen-bond acceptors (Lipinski definition) is 3. The van der Waals surface area contributed by atoms with Crippen LogP contribution in [0.4, 0.5) is 0 Å². The minimum Gasteiger partial charge on any atom is -0.508 e. The van der Waals surface area contributed by atoms with Crippen LogP contribution < -0.4 is 5.32 Å². The number of nitrogens with one attached hydrogen (secondary N) is 1. The van der Waals surface area contributed by atoms with Crippen molar-refractivity contribution >= 4 is 12.0 Å². The van der Waals surface area contributed by atoms with Gasteiger partial charge in [0.15, 0.2) is 0 Å². The molecule has 116 valence electrons. The van der Waals surface area contributed by atoms with E-state index in [9.17, 15) is 9.90 Å². The number of phenols is 1. The van der Waals surface area contributed by atoms with E-state index in [1.807, 2.05) is 13.0 Å². The lowest BCUT2D eigenvalue weighted by atomic mass is 10.1. The van der Waals surface area contributed by atoms with Gasteiger partial charge >= 0.3 is 0 Å². The molecule has 2 aromatic rings. The van der Waals surface area contributed by atoms with Gasteiger partial charge in [-0.1, -0.05) is 24.3 Å². The number of carbonyl (C=O) groups excluding carboxylic acids is 1. The first-order valence-electron chi connectivity index (χ1n) is 7.33. The Bertz CT molecular complexity index is 743. The molecule has 2 aromatic carbocycles. The number of nitriles is 1. The quantitative estimate of drug-likeness (QED) is 0.834. The number of benzene rings is 2. The van der Waals surface area contributed by atoms with Gasteiger partial charge in [-0.05, 0) is 54.8 Å². The first kappa shape index (κ1) is 16.3. The van der Waals surface area contributed by atoms with Gasteiger partial charge in [0.1, 0.15) is 5.75 Å². The standard InChI is InChI=1S/C19H18N2O2/c1-14(11-17-3-2-4-18(22)12-17)21-19(23)10-9-15-5-7-16(13-20)8-6-15/h2-10,12,14,22H,11H2,1H3,(H,21,23). The molecule has 23 heavy (non-hydrogen) atoms. The second-order valence-electron chi connectivity index (χ2n) is 5.35. The molecule has 0 aliphatic heterocycles. The summed E-state index contributed by atoms with van der Waals surface area (Å²) in [5.74, 6) is 0.0451. The molecule has 0 saturated carbocycles. The third-order valence-electron chi connectivity index (χ3n) is 3.31. The fourth-order valence-corrected chi connectivity index (χ4v) is 2.22. The molecule has 1 atom stereocenters. The number of rotatable bonds is 5. The first-order chi connectivity index (χ1) is 11.1. The zero-order chi connectivity index (χ0) is 16.7. The lowest BCUT2D eigenvalue weighted by Gasteiger charge is -2.12. The number of carbonyl (C=O) groups is 1. The van der Waals surface area contributed by atoms with E-state index >= 15 is 0 Å². The third kappa shape index (κ3) is 5.33. The van der Waals surface area contributed by atoms with Crippen LogP contribution in [0.15, 0.2) is 54.6 Å². The Morgan fingerprint density at radius 3 is 2.70 bits per heavy atom. The van der Waals surface area contributed by atoms with E-state index in [0.29, 0.717) is 12.0 Å². The highest BCUT2D eigenvalue weighted by Crippen LogP contribution is 2.12. The number of phenolic OH excluding ortho intramolecular Hbond substituents is 1. The highest BCUT2D eigenvalue weighted by Gasteiger charge is 2.06. The van der Waals surface area contributed by atoms with Crippen LogP contribution in [0.25, 0.3) is 6.08 Å². The van der Waals surface area contributed by atoms with E-state index in [4.69, 9.17) is 5.26 Å². The number of aromatic hydroxyl groups is 1. The third-order valence-corrected chi connectivity index (χ3v) is 3.31. The summed E-state index contributed by atoms with van der Waals surface area (Å²) in [5, 5.41) is 21.1. The van der Waals surface area contributed by atoms with E-state index in [1.165, 1.54) is 6.08 Å². The minimum absolute atomic E-state index is 0.0464. The molecule has 0 aromatic heterocycles. The van der Waals surface area contributed by atoms with Crippen LogP contribution in [0, 0.1) is 11.3 Å². The molecular weight excluding hydrogens is 288 g/mol. The van der Waals surface area contributed by atoms with Gasteiger partial charge in [0.05, 0.1) is 11.6 Å². The van der Waals surface area contributed by atoms with Crippen molar-refractivity contribution in [3.05, 3.63) is 71.3 Å². The zero-order valence-electron chi connectivity index (χ0n) is 12.9. The van der Waals surface area contributed by atoms with Crippen LogP contribution in [0.1, 0.15) is 23.6 Å². The predicted octanol–water partition coefficient (Wildman–Crippen LogP) is 3.02. The van der Waals surface area contributed by atoms with Gasteiger partial charge in [-0.15, -0.1) is 0 Å². The summed E-state index contributed by atoms with van der Waals surface area (Å²) in [6, 6.07) is 16.0. The molecule has 0 fully saturated rings. The smallest absolute Gasteiger partial charge is 0.244 e. The van der Waals surface area contributed by atoms with Crippen molar-refractivity contribution in [3.63, 3.8) is 0 Å². The summed E-state index contributed by atoms with van der Waals surface area (Å²) in [4.78, 5) is 11.9. The molecule has 4 heteroatoms. The van der Waals surface area contributed by atoms with Gasteiger partial charge in [-0.25, -0.2) is 0 Å². The summed E-state index contributed by atoms with van der Waals surface area (Å²) in [5.41, 5.74) is 2.42. The summed E-state index contributed by atoms with van der Waals surface area (Å²) in [6.45, 7) is 1.91.